The number of amides is 3. The summed E-state index contributed by atoms with van der Waals surface area (Å²) in [4.78, 5) is 47.9. The fourth-order valence-corrected chi connectivity index (χ4v) is 2.66. The maximum absolute atomic E-state index is 12.0. The fourth-order valence-electron chi connectivity index (χ4n) is 2.66. The van der Waals surface area contributed by atoms with Gasteiger partial charge in [0.15, 0.2) is 0 Å². The Morgan fingerprint density at radius 2 is 1.35 bits per heavy atom. The van der Waals surface area contributed by atoms with Gasteiger partial charge in [-0.15, -0.1) is 0 Å². The second kappa shape index (κ2) is 31.0. The molecule has 0 aromatic heterocycles. The number of rotatable bonds is 10. The Bertz CT molecular complexity index is 495. The Hall–Kier alpha value is -1.96. The van der Waals surface area contributed by atoms with Gasteiger partial charge < -0.3 is 21.3 Å². The summed E-state index contributed by atoms with van der Waals surface area (Å²) in [5.74, 6) is -2.13. The van der Waals surface area contributed by atoms with Crippen molar-refractivity contribution in [3.63, 3.8) is 0 Å². The minimum absolute atomic E-state index is 0.151. The highest BCUT2D eigenvalue weighted by atomic mass is 16.2. The zero-order valence-corrected chi connectivity index (χ0v) is 23.7. The number of likely N-dealkylation sites (tertiary alicyclic amines) is 1. The molecule has 0 radical (unpaired) electrons. The summed E-state index contributed by atoms with van der Waals surface area (Å²) in [5, 5.41) is 4.85. The van der Waals surface area contributed by atoms with Crippen LogP contribution in [-0.2, 0) is 19.2 Å². The minimum Gasteiger partial charge on any atom is -0.349 e. The first-order valence-corrected chi connectivity index (χ1v) is 13.4. The largest absolute Gasteiger partial charge is 0.349 e. The molecule has 8 heteroatoms. The van der Waals surface area contributed by atoms with E-state index < -0.39 is 23.6 Å². The molecule has 204 valence electrons. The molecular formula is C26H56N4O4. The van der Waals surface area contributed by atoms with Crippen LogP contribution in [0, 0.1) is 0 Å². The van der Waals surface area contributed by atoms with E-state index in [-0.39, 0.29) is 19.0 Å². The van der Waals surface area contributed by atoms with Crippen molar-refractivity contribution in [2.24, 2.45) is 5.73 Å². The zero-order chi connectivity index (χ0) is 27.4. The van der Waals surface area contributed by atoms with Crippen molar-refractivity contribution in [1.29, 1.82) is 0 Å². The van der Waals surface area contributed by atoms with Crippen LogP contribution in [0.15, 0.2) is 0 Å². The van der Waals surface area contributed by atoms with Crippen molar-refractivity contribution in [3.8, 4) is 0 Å². The summed E-state index contributed by atoms with van der Waals surface area (Å²) in [6, 6.07) is -0.604. The standard InChI is InChI=1S/C13H22N4O4.C6H14.C3H8.2C2H6/c1-2-5-15-13(21)10(18)8-16-12(20)9-4-3-6-17(9)11(19)7-14;1-3-5-6-4-2;1-3-2;2*1-2/h9H,2-8,14H2,1H3,(H,15,21)(H,16,20);3-6H2,1-2H3;3H2,1-2H3;2*1-2H3. The lowest BCUT2D eigenvalue weighted by Crippen LogP contribution is -2.49. The van der Waals surface area contributed by atoms with E-state index in [2.05, 4.69) is 38.3 Å². The third-order valence-electron chi connectivity index (χ3n) is 4.22. The van der Waals surface area contributed by atoms with E-state index in [4.69, 9.17) is 5.73 Å². The van der Waals surface area contributed by atoms with Crippen molar-refractivity contribution in [2.45, 2.75) is 120 Å². The number of carbonyl (C=O) groups excluding carboxylic acids is 4. The molecule has 1 heterocycles. The SMILES string of the molecule is CC.CC.CCC.CCCCCC.CCCNC(=O)C(=O)CNC(=O)C1CCCN1C(=O)CN. The number of Topliss-reactive ketones (excluding diaryl/α,β-unsaturated/α-hetero) is 1. The Morgan fingerprint density at radius 1 is 0.853 bits per heavy atom. The Balaban J connectivity index is -0.000000288. The van der Waals surface area contributed by atoms with E-state index in [1.165, 1.54) is 37.0 Å². The van der Waals surface area contributed by atoms with E-state index in [1.54, 1.807) is 0 Å². The number of nitrogens with one attached hydrogen (secondary N) is 2. The van der Waals surface area contributed by atoms with E-state index in [0.717, 1.165) is 12.8 Å². The summed E-state index contributed by atoms with van der Waals surface area (Å²) < 4.78 is 0. The zero-order valence-electron chi connectivity index (χ0n) is 23.7. The maximum Gasteiger partial charge on any atom is 0.289 e. The normalized spacial score (nSPS) is 13.2. The molecule has 0 aromatic carbocycles. The number of hydrogen-bond donors (Lipinski definition) is 3. The van der Waals surface area contributed by atoms with Gasteiger partial charge in [0.1, 0.15) is 6.04 Å². The van der Waals surface area contributed by atoms with Crippen molar-refractivity contribution < 1.29 is 19.2 Å². The lowest BCUT2D eigenvalue weighted by Gasteiger charge is -2.23. The van der Waals surface area contributed by atoms with E-state index >= 15 is 0 Å². The predicted molar refractivity (Wildman–Crippen MR) is 144 cm³/mol. The molecule has 0 aromatic rings. The molecule has 1 saturated heterocycles. The lowest BCUT2D eigenvalue weighted by atomic mass is 10.2. The summed E-state index contributed by atoms with van der Waals surface area (Å²) in [7, 11) is 0. The number of carbonyl (C=O) groups is 4. The summed E-state index contributed by atoms with van der Waals surface area (Å²) in [6.07, 6.45) is 8.76. The summed E-state index contributed by atoms with van der Waals surface area (Å²) in [5.41, 5.74) is 5.29. The van der Waals surface area contributed by atoms with Crippen LogP contribution >= 0.6 is 0 Å². The molecule has 0 bridgehead atoms. The Kier molecular flexibility index (Phi) is 35.8. The average molecular weight is 489 g/mol. The van der Waals surface area contributed by atoms with Crippen LogP contribution in [0.3, 0.4) is 0 Å². The number of nitrogens with two attached hydrogens (primary N) is 1. The van der Waals surface area contributed by atoms with Gasteiger partial charge in [0.25, 0.3) is 5.91 Å². The van der Waals surface area contributed by atoms with Crippen LogP contribution in [0.1, 0.15) is 114 Å². The summed E-state index contributed by atoms with van der Waals surface area (Å²) >= 11 is 0. The van der Waals surface area contributed by atoms with Crippen LogP contribution < -0.4 is 16.4 Å². The maximum atomic E-state index is 12.0. The van der Waals surface area contributed by atoms with Gasteiger partial charge in [-0.25, -0.2) is 0 Å². The molecule has 0 aliphatic carbocycles. The van der Waals surface area contributed by atoms with Crippen molar-refractivity contribution >= 4 is 23.5 Å². The molecule has 34 heavy (non-hydrogen) atoms. The van der Waals surface area contributed by atoms with Crippen LogP contribution in [0.2, 0.25) is 0 Å². The second-order valence-corrected chi connectivity index (χ2v) is 7.26. The van der Waals surface area contributed by atoms with Crippen LogP contribution in [0.5, 0.6) is 0 Å². The summed E-state index contributed by atoms with van der Waals surface area (Å²) in [6.45, 7) is 19.0. The smallest absolute Gasteiger partial charge is 0.289 e. The van der Waals surface area contributed by atoms with Gasteiger partial charge in [-0.2, -0.15) is 0 Å². The Morgan fingerprint density at radius 3 is 1.76 bits per heavy atom. The second-order valence-electron chi connectivity index (χ2n) is 7.26. The highest BCUT2D eigenvalue weighted by Gasteiger charge is 2.33. The first-order chi connectivity index (χ1) is 16.3. The molecule has 3 amide bonds. The monoisotopic (exact) mass is 488 g/mol. The molecule has 1 aliphatic heterocycles. The third-order valence-corrected chi connectivity index (χ3v) is 4.22. The van der Waals surface area contributed by atoms with Gasteiger partial charge in [0, 0.05) is 13.1 Å². The molecule has 8 nitrogen and oxygen atoms in total. The fraction of sp³-hybridized carbons (Fsp3) is 0.846. The molecule has 0 spiro atoms. The first-order valence-electron chi connectivity index (χ1n) is 13.4. The number of unbranched alkanes of at least 4 members (excludes halogenated alkanes) is 3. The molecule has 1 aliphatic rings. The Labute approximate surface area is 210 Å². The van der Waals surface area contributed by atoms with Crippen LogP contribution in [0.25, 0.3) is 0 Å². The highest BCUT2D eigenvalue weighted by Crippen LogP contribution is 2.17. The van der Waals surface area contributed by atoms with Gasteiger partial charge in [0.2, 0.25) is 17.6 Å². The highest BCUT2D eigenvalue weighted by molar-refractivity contribution is 6.37. The lowest BCUT2D eigenvalue weighted by molar-refractivity contribution is -0.140. The quantitative estimate of drug-likeness (QED) is 0.314. The predicted octanol–water partition coefficient (Wildman–Crippen LogP) is 4.20. The molecular weight excluding hydrogens is 432 g/mol. The molecule has 1 rings (SSSR count). The van der Waals surface area contributed by atoms with Gasteiger partial charge in [-0.3, -0.25) is 19.2 Å². The van der Waals surface area contributed by atoms with Gasteiger partial charge in [-0.1, -0.05) is 94.4 Å². The van der Waals surface area contributed by atoms with Gasteiger partial charge >= 0.3 is 0 Å². The third kappa shape index (κ3) is 21.9. The van der Waals surface area contributed by atoms with Crippen LogP contribution in [0.4, 0.5) is 0 Å². The van der Waals surface area contributed by atoms with E-state index in [1.807, 2.05) is 34.6 Å². The van der Waals surface area contributed by atoms with Gasteiger partial charge in [0.05, 0.1) is 13.1 Å². The van der Waals surface area contributed by atoms with E-state index in [9.17, 15) is 19.2 Å². The minimum atomic E-state index is -0.710. The number of ketones is 1. The van der Waals surface area contributed by atoms with Crippen LogP contribution in [-0.4, -0.2) is 60.6 Å². The first kappa shape index (κ1) is 39.3. The molecule has 0 saturated carbocycles. The molecule has 4 N–H and O–H groups in total. The molecule has 1 atom stereocenters. The molecule has 1 unspecified atom stereocenters. The van der Waals surface area contributed by atoms with Crippen molar-refractivity contribution in [2.75, 3.05) is 26.2 Å². The van der Waals surface area contributed by atoms with Crippen molar-refractivity contribution in [1.82, 2.24) is 15.5 Å². The van der Waals surface area contributed by atoms with Gasteiger partial charge in [-0.05, 0) is 19.3 Å². The molecule has 1 fully saturated rings. The number of hydrogen-bond acceptors (Lipinski definition) is 5. The topological polar surface area (TPSA) is 122 Å². The van der Waals surface area contributed by atoms with E-state index in [0.29, 0.717) is 19.5 Å². The van der Waals surface area contributed by atoms with Crippen molar-refractivity contribution in [3.05, 3.63) is 0 Å². The number of nitrogens with zero attached hydrogens (tertiary/aromatic N) is 1. The average Bonchev–Trinajstić information content (AvgIpc) is 3.37.